The van der Waals surface area contributed by atoms with Crippen molar-refractivity contribution in [2.45, 2.75) is 262 Å². The Kier molecular flexibility index (Phi) is 22.8. The van der Waals surface area contributed by atoms with E-state index in [1.165, 1.54) is 0 Å². The third-order valence-electron chi connectivity index (χ3n) is 26.5. The van der Waals surface area contributed by atoms with Gasteiger partial charge in [0.05, 0.1) is 55.9 Å². The van der Waals surface area contributed by atoms with E-state index in [1.807, 2.05) is 0 Å². The van der Waals surface area contributed by atoms with Gasteiger partial charge in [-0.2, -0.15) is 0 Å². The second-order valence-electron chi connectivity index (χ2n) is 30.8. The minimum atomic E-state index is -1.87. The predicted molar refractivity (Wildman–Crippen MR) is 320 cm³/mol. The molecule has 21 unspecified atom stereocenters. The van der Waals surface area contributed by atoms with Crippen LogP contribution in [0.15, 0.2) is 0 Å². The molecule has 9 fully saturated rings. The van der Waals surface area contributed by atoms with Crippen molar-refractivity contribution in [3.8, 4) is 0 Å². The van der Waals surface area contributed by atoms with Crippen molar-refractivity contribution in [2.24, 2.45) is 92.7 Å². The summed E-state index contributed by atoms with van der Waals surface area (Å²) in [6, 6.07) is 0. The molecular formula is C66H115N3O18. The normalized spacial score (nSPS) is 46.3. The van der Waals surface area contributed by atoms with Crippen molar-refractivity contribution in [3.63, 3.8) is 0 Å². The first-order valence-electron chi connectivity index (χ1n) is 34.1. The first kappa shape index (κ1) is 69.6. The molecule has 16 N–H and O–H groups in total. The average molecular weight is 1240 g/mol. The van der Waals surface area contributed by atoms with E-state index < -0.39 is 98.2 Å². The molecule has 1 heterocycles. The lowest BCUT2D eigenvalue weighted by Gasteiger charge is -2.63. The number of aliphatic hydroxyl groups is 14. The molecule has 1 saturated heterocycles. The monoisotopic (exact) mass is 1240 g/mol. The van der Waals surface area contributed by atoms with Crippen molar-refractivity contribution in [1.82, 2.24) is 15.5 Å². The van der Waals surface area contributed by atoms with E-state index in [9.17, 15) is 81.1 Å². The molecule has 31 atom stereocenters. The van der Waals surface area contributed by atoms with Crippen LogP contribution in [0.5, 0.6) is 0 Å². The summed E-state index contributed by atoms with van der Waals surface area (Å²) in [5.41, 5.74) is -0.850. The third-order valence-corrected chi connectivity index (χ3v) is 26.5. The Morgan fingerprint density at radius 1 is 0.609 bits per heavy atom. The van der Waals surface area contributed by atoms with Gasteiger partial charge in [0.2, 0.25) is 11.8 Å². The molecule has 2 amide bonds. The van der Waals surface area contributed by atoms with Crippen molar-refractivity contribution in [3.05, 3.63) is 0 Å². The molecule has 87 heavy (non-hydrogen) atoms. The number of hydrogen-bond donors (Lipinski definition) is 16. The second kappa shape index (κ2) is 28.5. The zero-order valence-electron chi connectivity index (χ0n) is 53.0. The van der Waals surface area contributed by atoms with Crippen molar-refractivity contribution in [1.29, 1.82) is 0 Å². The molecule has 9 rings (SSSR count). The largest absolute Gasteiger partial charge is 0.394 e. The zero-order valence-corrected chi connectivity index (χ0v) is 53.0. The lowest BCUT2D eigenvalue weighted by atomic mass is 9.43. The highest BCUT2D eigenvalue weighted by Crippen LogP contribution is 2.70. The van der Waals surface area contributed by atoms with Gasteiger partial charge in [-0.05, 0) is 215 Å². The predicted octanol–water partition coefficient (Wildman–Crippen LogP) is 1.32. The van der Waals surface area contributed by atoms with E-state index in [-0.39, 0.29) is 131 Å². The summed E-state index contributed by atoms with van der Waals surface area (Å²) in [6.45, 7) is 12.9. The number of aliphatic hydroxyl groups excluding tert-OH is 14. The summed E-state index contributed by atoms with van der Waals surface area (Å²) in [5, 5.41) is 158. The lowest BCUT2D eigenvalue weighted by Crippen LogP contribution is -2.62. The molecule has 0 bridgehead atoms. The highest BCUT2D eigenvalue weighted by Gasteiger charge is 2.68. The maximum atomic E-state index is 14.4. The molecule has 21 heteroatoms. The minimum Gasteiger partial charge on any atom is -0.394 e. The van der Waals surface area contributed by atoms with Gasteiger partial charge in [-0.1, -0.05) is 41.5 Å². The molecule has 8 aliphatic carbocycles. The Hall–Kier alpha value is -1.74. The Labute approximate surface area is 516 Å². The van der Waals surface area contributed by atoms with Crippen molar-refractivity contribution < 1.29 is 90.6 Å². The van der Waals surface area contributed by atoms with Crippen LogP contribution in [0.4, 0.5) is 0 Å². The molecule has 0 aromatic heterocycles. The molecule has 502 valence electrons. The number of carbonyl (C=O) groups is 2. The quantitative estimate of drug-likeness (QED) is 0.0573. The fourth-order valence-electron chi connectivity index (χ4n) is 21.3. The van der Waals surface area contributed by atoms with Gasteiger partial charge in [0.1, 0.15) is 42.7 Å². The highest BCUT2D eigenvalue weighted by atomic mass is 16.7. The van der Waals surface area contributed by atoms with E-state index in [0.29, 0.717) is 90.3 Å². The topological polar surface area (TPSA) is 363 Å². The van der Waals surface area contributed by atoms with Gasteiger partial charge >= 0.3 is 0 Å². The first-order chi connectivity index (χ1) is 41.1. The number of nitrogens with one attached hydrogen (secondary N) is 2. The standard InChI is InChI=1S/C66H115N3O18/c1-34(40-11-13-42-55-44(29-51(78)65(40,42)5)63(3)19-17-38(72)25-36(63)27-46(55)74)9-15-53(80)68-22-8-24-69(23-7-21-67-31-48(76)57(82)61(49(77)32-70)87-62-60(85)59(84)58(83)50(33-71)86-62)54(81)16-10-35(2)41-12-14-43-56-45(30-52(79)66(41,43)6)64(4)20-18-39(73)26-37(64)28-47(56)75/h34-52,55-62,67,70-79,82-85H,7-33H2,1-6H3,(H,68,80)/t34?,35?,36?,37?,38-,39-,40?,41?,42?,43?,44?,45?,46-,47-,48?,49?,50?,51+,52+,55?,56?,57?,58?,59?,60?,61?,62?,63+,64+,65-,66-/m1/s1. The first-order valence-corrected chi connectivity index (χ1v) is 34.1. The van der Waals surface area contributed by atoms with E-state index in [4.69, 9.17) is 9.47 Å². The van der Waals surface area contributed by atoms with E-state index in [1.54, 1.807) is 4.90 Å². The molecule has 8 saturated carbocycles. The summed E-state index contributed by atoms with van der Waals surface area (Å²) < 4.78 is 10.9. The smallest absolute Gasteiger partial charge is 0.222 e. The van der Waals surface area contributed by atoms with Crippen molar-refractivity contribution >= 4 is 11.8 Å². The van der Waals surface area contributed by atoms with Gasteiger partial charge in [0, 0.05) is 39.0 Å². The summed E-state index contributed by atoms with van der Waals surface area (Å²) >= 11 is 0. The maximum absolute atomic E-state index is 14.4. The van der Waals surface area contributed by atoms with Gasteiger partial charge in [-0.25, -0.2) is 0 Å². The number of carbonyl (C=O) groups excluding carboxylic acids is 2. The minimum absolute atomic E-state index is 0.0108. The summed E-state index contributed by atoms with van der Waals surface area (Å²) in [6.07, 6.45) is -4.31. The van der Waals surface area contributed by atoms with Gasteiger partial charge in [-0.15, -0.1) is 0 Å². The third kappa shape index (κ3) is 13.5. The number of fused-ring (bicyclic) bond motifs is 10. The van der Waals surface area contributed by atoms with E-state index in [2.05, 4.69) is 52.2 Å². The fourth-order valence-corrected chi connectivity index (χ4v) is 21.3. The van der Waals surface area contributed by atoms with Gasteiger partial charge in [0.25, 0.3) is 0 Å². The Morgan fingerprint density at radius 3 is 1.62 bits per heavy atom. The van der Waals surface area contributed by atoms with Crippen LogP contribution >= 0.6 is 0 Å². The summed E-state index contributed by atoms with van der Waals surface area (Å²) in [5.74, 6) is 1.84. The fraction of sp³-hybridized carbons (Fsp3) is 0.970. The lowest BCUT2D eigenvalue weighted by molar-refractivity contribution is -0.327. The number of nitrogens with zero attached hydrogens (tertiary/aromatic N) is 1. The summed E-state index contributed by atoms with van der Waals surface area (Å²) in [4.78, 5) is 29.8. The number of rotatable bonds is 25. The number of ether oxygens (including phenoxy) is 2. The number of amides is 2. The molecule has 0 radical (unpaired) electrons. The molecule has 21 nitrogen and oxygen atoms in total. The van der Waals surface area contributed by atoms with Gasteiger partial charge in [-0.3, -0.25) is 9.59 Å². The van der Waals surface area contributed by atoms with Crippen LogP contribution in [0.2, 0.25) is 0 Å². The van der Waals surface area contributed by atoms with E-state index in [0.717, 1.165) is 51.4 Å². The zero-order chi connectivity index (χ0) is 63.2. The van der Waals surface area contributed by atoms with E-state index >= 15 is 0 Å². The van der Waals surface area contributed by atoms with Crippen LogP contribution in [0.3, 0.4) is 0 Å². The second-order valence-corrected chi connectivity index (χ2v) is 30.8. The molecule has 9 aliphatic rings. The number of hydrogen-bond acceptors (Lipinski definition) is 19. The van der Waals surface area contributed by atoms with Gasteiger partial charge in [0.15, 0.2) is 6.29 Å². The molecule has 0 aromatic carbocycles. The Bertz CT molecular complexity index is 2260. The molecule has 1 aliphatic heterocycles. The maximum Gasteiger partial charge on any atom is 0.222 e. The van der Waals surface area contributed by atoms with Crippen LogP contribution in [-0.2, 0) is 19.1 Å². The average Bonchev–Trinajstić information content (AvgIpc) is 1.70. The van der Waals surface area contributed by atoms with Gasteiger partial charge < -0.3 is 96.5 Å². The Morgan fingerprint density at radius 2 is 1.11 bits per heavy atom. The van der Waals surface area contributed by atoms with Crippen LogP contribution in [0.25, 0.3) is 0 Å². The van der Waals surface area contributed by atoms with Crippen LogP contribution in [-0.4, -0.2) is 226 Å². The Balaban J connectivity index is 0.786. The van der Waals surface area contributed by atoms with Crippen LogP contribution in [0.1, 0.15) is 170 Å². The molecule has 0 spiro atoms. The summed E-state index contributed by atoms with van der Waals surface area (Å²) in [7, 11) is 0. The van der Waals surface area contributed by atoms with Crippen LogP contribution < -0.4 is 10.6 Å². The highest BCUT2D eigenvalue weighted by molar-refractivity contribution is 5.76. The van der Waals surface area contributed by atoms with Crippen LogP contribution in [0, 0.1) is 92.7 Å². The SMILES string of the molecule is CC(CCC(=O)NCCCN(CCCNCC(O)C(O)C(OC1OC(CO)C(O)C(O)C1O)C(O)CO)C(=O)CCC(C)C1CCC2C3C(C[C@H](O)[C@]12C)[C@@]1(C)CC[C@@H](O)CC1C[C@H]3O)C1CCC2C3C(C[C@H](O)[C@]12C)[C@@]1(C)CC[C@@H](O)CC1C[C@H]3O. The molecule has 0 aromatic rings. The van der Waals surface area contributed by atoms with Crippen molar-refractivity contribution in [2.75, 3.05) is 45.9 Å². The molecular weight excluding hydrogens is 1120 g/mol.